The quantitative estimate of drug-likeness (QED) is 0.297. The number of nitrogens with one attached hydrogen (secondary N) is 3. The highest BCUT2D eigenvalue weighted by molar-refractivity contribution is 7.80. The van der Waals surface area contributed by atoms with Crippen molar-refractivity contribution in [2.75, 3.05) is 26.5 Å². The number of hydrogen-bond donors (Lipinski definition) is 3. The van der Waals surface area contributed by atoms with Gasteiger partial charge in [-0.2, -0.15) is 0 Å². The lowest BCUT2D eigenvalue weighted by Gasteiger charge is -2.29. The zero-order valence-corrected chi connectivity index (χ0v) is 16.7. The first-order valence-electron chi connectivity index (χ1n) is 6.85. The third-order valence-electron chi connectivity index (χ3n) is 2.86. The molecule has 7 nitrogen and oxygen atoms in total. The molecule has 0 aliphatic carbocycles. The summed E-state index contributed by atoms with van der Waals surface area (Å²) in [7, 11) is 4.34. The number of benzene rings is 1. The van der Waals surface area contributed by atoms with Crippen LogP contribution in [0.1, 0.15) is 10.4 Å². The number of alkyl halides is 3. The third kappa shape index (κ3) is 6.74. The van der Waals surface area contributed by atoms with Crippen LogP contribution in [0, 0.1) is 0 Å². The number of urea groups is 1. The molecule has 0 aliphatic heterocycles. The number of nitrogens with zero attached hydrogens (tertiary/aromatic N) is 1. The molecule has 0 saturated heterocycles. The Morgan fingerprint density at radius 1 is 1.20 bits per heavy atom. The number of carbonyl (C=O) groups is 2. The second-order valence-corrected chi connectivity index (χ2v) is 7.73. The van der Waals surface area contributed by atoms with E-state index >= 15 is 0 Å². The van der Waals surface area contributed by atoms with Gasteiger partial charge in [0.25, 0.3) is 0 Å². The second kappa shape index (κ2) is 9.28. The van der Waals surface area contributed by atoms with Crippen molar-refractivity contribution in [1.29, 1.82) is 0 Å². The van der Waals surface area contributed by atoms with E-state index in [1.807, 2.05) is 0 Å². The number of rotatable bonds is 4. The van der Waals surface area contributed by atoms with Crippen molar-refractivity contribution in [2.45, 2.75) is 9.96 Å². The lowest BCUT2D eigenvalue weighted by atomic mass is 10.2. The van der Waals surface area contributed by atoms with E-state index in [1.54, 1.807) is 24.3 Å². The van der Waals surface area contributed by atoms with E-state index in [4.69, 9.17) is 51.8 Å². The Labute approximate surface area is 165 Å². The molecule has 1 unspecified atom stereocenters. The zero-order valence-electron chi connectivity index (χ0n) is 13.6. The highest BCUT2D eigenvalue weighted by Crippen LogP contribution is 2.29. The molecule has 138 valence electrons. The van der Waals surface area contributed by atoms with Gasteiger partial charge < -0.3 is 25.6 Å². The molecule has 11 heteroatoms. The molecule has 0 spiro atoms. The molecule has 0 bridgehead atoms. The summed E-state index contributed by atoms with van der Waals surface area (Å²) in [5.74, 6) is -0.537. The average molecular weight is 428 g/mol. The molecule has 1 aromatic rings. The summed E-state index contributed by atoms with van der Waals surface area (Å²) < 4.78 is 2.83. The molecule has 1 rings (SSSR count). The van der Waals surface area contributed by atoms with Crippen LogP contribution in [0.4, 0.5) is 10.5 Å². The Kier molecular flexibility index (Phi) is 8.01. The predicted molar refractivity (Wildman–Crippen MR) is 103 cm³/mol. The van der Waals surface area contributed by atoms with Crippen molar-refractivity contribution in [3.05, 3.63) is 29.8 Å². The molecule has 1 aromatic carbocycles. The van der Waals surface area contributed by atoms with Crippen LogP contribution < -0.4 is 16.0 Å². The van der Waals surface area contributed by atoms with Gasteiger partial charge in [0.1, 0.15) is 0 Å². The van der Waals surface area contributed by atoms with Gasteiger partial charge in [0.2, 0.25) is 3.79 Å². The molecule has 0 aromatic heterocycles. The van der Waals surface area contributed by atoms with Crippen LogP contribution in [-0.4, -0.2) is 53.2 Å². The third-order valence-corrected chi connectivity index (χ3v) is 3.73. The van der Waals surface area contributed by atoms with Crippen LogP contribution in [0.2, 0.25) is 0 Å². The maximum Gasteiger partial charge on any atom is 0.339 e. The van der Waals surface area contributed by atoms with E-state index in [2.05, 4.69) is 16.0 Å². The molecule has 0 aliphatic rings. The van der Waals surface area contributed by atoms with Crippen LogP contribution in [-0.2, 0) is 4.74 Å². The van der Waals surface area contributed by atoms with Gasteiger partial charge in [-0.25, -0.2) is 9.59 Å². The average Bonchev–Trinajstić information content (AvgIpc) is 2.52. The Bertz CT molecular complexity index is 652. The van der Waals surface area contributed by atoms with Crippen LogP contribution >= 0.6 is 47.0 Å². The Morgan fingerprint density at radius 2 is 1.80 bits per heavy atom. The molecule has 25 heavy (non-hydrogen) atoms. The molecule has 1 atom stereocenters. The number of thiocarbonyl (C=S) groups is 1. The maximum atomic E-state index is 11.8. The normalized spacial score (nSPS) is 11.9. The summed E-state index contributed by atoms with van der Waals surface area (Å²) in [5, 5.41) is 8.02. The van der Waals surface area contributed by atoms with Gasteiger partial charge in [-0.1, -0.05) is 46.9 Å². The van der Waals surface area contributed by atoms with Crippen molar-refractivity contribution in [3.63, 3.8) is 0 Å². The van der Waals surface area contributed by atoms with Gasteiger partial charge in [0, 0.05) is 14.1 Å². The number of para-hydroxylation sites is 1. The van der Waals surface area contributed by atoms with Crippen LogP contribution in [0.25, 0.3) is 0 Å². The first-order chi connectivity index (χ1) is 11.6. The number of halogens is 3. The van der Waals surface area contributed by atoms with Crippen molar-refractivity contribution < 1.29 is 14.3 Å². The van der Waals surface area contributed by atoms with Gasteiger partial charge in [-0.15, -0.1) is 0 Å². The highest BCUT2D eigenvalue weighted by Gasteiger charge is 2.35. The van der Waals surface area contributed by atoms with Gasteiger partial charge in [0.15, 0.2) is 11.3 Å². The van der Waals surface area contributed by atoms with E-state index in [1.165, 1.54) is 26.1 Å². The Balaban J connectivity index is 2.89. The van der Waals surface area contributed by atoms with Crippen molar-refractivity contribution in [3.8, 4) is 0 Å². The fourth-order valence-electron chi connectivity index (χ4n) is 1.62. The first-order valence-corrected chi connectivity index (χ1v) is 8.40. The summed E-state index contributed by atoms with van der Waals surface area (Å²) in [6.45, 7) is 0. The van der Waals surface area contributed by atoms with Crippen molar-refractivity contribution in [1.82, 2.24) is 15.5 Å². The van der Waals surface area contributed by atoms with Gasteiger partial charge in [-0.05, 0) is 24.4 Å². The minimum atomic E-state index is -1.88. The molecule has 0 fully saturated rings. The zero-order chi connectivity index (χ0) is 19.2. The summed E-state index contributed by atoms with van der Waals surface area (Å²) >= 11 is 22.8. The fourth-order valence-corrected chi connectivity index (χ4v) is 2.18. The van der Waals surface area contributed by atoms with Crippen LogP contribution in [0.5, 0.6) is 0 Å². The first kappa shape index (κ1) is 21.6. The number of anilines is 1. The minimum Gasteiger partial charge on any atom is -0.465 e. The monoisotopic (exact) mass is 426 g/mol. The molecule has 2 amide bonds. The molecule has 0 heterocycles. The van der Waals surface area contributed by atoms with E-state index in [0.717, 1.165) is 0 Å². The second-order valence-electron chi connectivity index (χ2n) is 4.95. The maximum absolute atomic E-state index is 11.8. The largest absolute Gasteiger partial charge is 0.465 e. The summed E-state index contributed by atoms with van der Waals surface area (Å²) in [5.41, 5.74) is 0.672. The fraction of sp³-hybridized carbons (Fsp3) is 0.357. The summed E-state index contributed by atoms with van der Waals surface area (Å²) in [6, 6.07) is 6.09. The van der Waals surface area contributed by atoms with E-state index in [0.29, 0.717) is 5.69 Å². The number of amides is 2. The van der Waals surface area contributed by atoms with Crippen molar-refractivity contribution >= 4 is 69.8 Å². The smallest absolute Gasteiger partial charge is 0.339 e. The summed E-state index contributed by atoms with van der Waals surface area (Å²) in [4.78, 5) is 24.8. The topological polar surface area (TPSA) is 82.7 Å². The highest BCUT2D eigenvalue weighted by atomic mass is 35.6. The lowest BCUT2D eigenvalue weighted by Crippen LogP contribution is -2.57. The van der Waals surface area contributed by atoms with E-state index < -0.39 is 22.0 Å². The van der Waals surface area contributed by atoms with Crippen LogP contribution in [0.3, 0.4) is 0 Å². The molecular weight excluding hydrogens is 411 g/mol. The number of methoxy groups -OCH3 is 1. The Morgan fingerprint density at radius 3 is 2.32 bits per heavy atom. The van der Waals surface area contributed by atoms with E-state index in [9.17, 15) is 9.59 Å². The van der Waals surface area contributed by atoms with Crippen LogP contribution in [0.15, 0.2) is 24.3 Å². The molecular formula is C14H17Cl3N4O3S. The SMILES string of the molecule is COC(=O)c1ccccc1NC(=S)NC(NC(=O)N(C)C)C(Cl)(Cl)Cl. The molecule has 3 N–H and O–H groups in total. The number of ether oxygens (including phenoxy) is 1. The predicted octanol–water partition coefficient (Wildman–Crippen LogP) is 2.73. The van der Waals surface area contributed by atoms with Crippen molar-refractivity contribution in [2.24, 2.45) is 0 Å². The van der Waals surface area contributed by atoms with Gasteiger partial charge >= 0.3 is 12.0 Å². The van der Waals surface area contributed by atoms with Gasteiger partial charge in [-0.3, -0.25) is 0 Å². The minimum absolute atomic E-state index is 0.0340. The number of esters is 1. The number of hydrogen-bond acceptors (Lipinski definition) is 4. The lowest BCUT2D eigenvalue weighted by molar-refractivity contribution is 0.0602. The standard InChI is InChI=1S/C14H17Cl3N4O3S/c1-21(2)13(23)20-11(14(15,16)17)19-12(25)18-9-7-5-4-6-8(9)10(22)24-3/h4-7,11H,1-3H3,(H,20,23)(H2,18,19,25). The molecule has 0 radical (unpaired) electrons. The van der Waals surface area contributed by atoms with E-state index in [-0.39, 0.29) is 10.7 Å². The van der Waals surface area contributed by atoms with Gasteiger partial charge in [0.05, 0.1) is 18.4 Å². The Hall–Kier alpha value is -1.48. The summed E-state index contributed by atoms with van der Waals surface area (Å²) in [6.07, 6.45) is -1.11. The number of carbonyl (C=O) groups excluding carboxylic acids is 2. The molecule has 0 saturated carbocycles.